The molecule has 2 aromatic rings. The molecule has 0 bridgehead atoms. The predicted molar refractivity (Wildman–Crippen MR) is 78.6 cm³/mol. The summed E-state index contributed by atoms with van der Waals surface area (Å²) < 4.78 is 10.9. The van der Waals surface area contributed by atoms with Gasteiger partial charge in [-0.05, 0) is 26.0 Å². The molecular formula is C17H18O3. The second-order valence-corrected chi connectivity index (χ2v) is 4.64. The Hall–Kier alpha value is -2.29. The number of carbonyl (C=O) groups excluding carboxylic acids is 1. The summed E-state index contributed by atoms with van der Waals surface area (Å²) in [5.74, 6) is 1.15. The Kier molecular flexibility index (Phi) is 4.41. The van der Waals surface area contributed by atoms with Crippen LogP contribution in [-0.4, -0.2) is 19.0 Å². The van der Waals surface area contributed by atoms with Crippen molar-refractivity contribution in [2.75, 3.05) is 7.11 Å². The van der Waals surface area contributed by atoms with Gasteiger partial charge in [0.1, 0.15) is 0 Å². The van der Waals surface area contributed by atoms with Gasteiger partial charge < -0.3 is 9.47 Å². The number of carbonyl (C=O) groups is 1. The molecule has 2 rings (SSSR count). The summed E-state index contributed by atoms with van der Waals surface area (Å²) in [5, 5.41) is 0. The first kappa shape index (κ1) is 14.1. The van der Waals surface area contributed by atoms with Gasteiger partial charge in [-0.3, -0.25) is 4.79 Å². The van der Waals surface area contributed by atoms with E-state index in [4.69, 9.17) is 9.47 Å². The van der Waals surface area contributed by atoms with E-state index in [1.54, 1.807) is 26.2 Å². The predicted octanol–water partition coefficient (Wildman–Crippen LogP) is 3.65. The Morgan fingerprint density at radius 2 is 1.60 bits per heavy atom. The van der Waals surface area contributed by atoms with Crippen LogP contribution in [0.1, 0.15) is 22.8 Å². The van der Waals surface area contributed by atoms with Crippen LogP contribution in [0.15, 0.2) is 48.5 Å². The number of methoxy groups -OCH3 is 1. The van der Waals surface area contributed by atoms with Crippen molar-refractivity contribution < 1.29 is 14.3 Å². The lowest BCUT2D eigenvalue weighted by Gasteiger charge is -2.16. The topological polar surface area (TPSA) is 35.5 Å². The number of para-hydroxylation sites is 2. The van der Waals surface area contributed by atoms with Crippen molar-refractivity contribution in [1.82, 2.24) is 0 Å². The van der Waals surface area contributed by atoms with Crippen LogP contribution in [0.5, 0.6) is 11.5 Å². The minimum absolute atomic E-state index is 0.0455. The molecule has 20 heavy (non-hydrogen) atoms. The molecule has 0 spiro atoms. The van der Waals surface area contributed by atoms with Crippen molar-refractivity contribution in [2.45, 2.75) is 20.0 Å². The fraction of sp³-hybridized carbons (Fsp3) is 0.235. The minimum Gasteiger partial charge on any atom is -0.493 e. The van der Waals surface area contributed by atoms with Gasteiger partial charge in [0.25, 0.3) is 0 Å². The first-order valence-electron chi connectivity index (χ1n) is 6.52. The number of benzene rings is 2. The number of rotatable bonds is 5. The summed E-state index contributed by atoms with van der Waals surface area (Å²) in [6.45, 7) is 3.73. The van der Waals surface area contributed by atoms with Crippen LogP contribution in [0.25, 0.3) is 0 Å². The van der Waals surface area contributed by atoms with E-state index < -0.39 is 6.10 Å². The van der Waals surface area contributed by atoms with Gasteiger partial charge in [-0.1, -0.05) is 42.0 Å². The van der Waals surface area contributed by atoms with Crippen LogP contribution < -0.4 is 9.47 Å². The third-order valence-corrected chi connectivity index (χ3v) is 3.08. The highest BCUT2D eigenvalue weighted by Crippen LogP contribution is 2.27. The van der Waals surface area contributed by atoms with Crippen LogP contribution in [0, 0.1) is 6.92 Å². The molecule has 1 atom stereocenters. The van der Waals surface area contributed by atoms with Crippen molar-refractivity contribution in [1.29, 1.82) is 0 Å². The summed E-state index contributed by atoms with van der Waals surface area (Å²) in [6.07, 6.45) is -0.561. The molecule has 0 saturated carbocycles. The van der Waals surface area contributed by atoms with Gasteiger partial charge in [0.15, 0.2) is 17.6 Å². The number of ether oxygens (including phenoxy) is 2. The van der Waals surface area contributed by atoms with Gasteiger partial charge in [0.05, 0.1) is 7.11 Å². The van der Waals surface area contributed by atoms with Gasteiger partial charge >= 0.3 is 0 Å². The van der Waals surface area contributed by atoms with Crippen LogP contribution in [0.3, 0.4) is 0 Å². The summed E-state index contributed by atoms with van der Waals surface area (Å²) in [6, 6.07) is 14.8. The van der Waals surface area contributed by atoms with Crippen molar-refractivity contribution in [3.05, 3.63) is 59.7 Å². The Labute approximate surface area is 119 Å². The number of aryl methyl sites for hydroxylation is 1. The fourth-order valence-corrected chi connectivity index (χ4v) is 1.91. The number of ketones is 1. The molecule has 0 heterocycles. The standard InChI is InChI=1S/C17H18O3/c1-12-8-10-14(11-9-12)17(18)13(2)20-16-7-5-4-6-15(16)19-3/h4-11,13H,1-3H3/t13-/m0/s1. The van der Waals surface area contributed by atoms with Crippen molar-refractivity contribution >= 4 is 5.78 Å². The Morgan fingerprint density at radius 1 is 1.00 bits per heavy atom. The summed E-state index contributed by atoms with van der Waals surface area (Å²) in [7, 11) is 1.58. The third-order valence-electron chi connectivity index (χ3n) is 3.08. The van der Waals surface area contributed by atoms with Crippen LogP contribution in [-0.2, 0) is 0 Å². The Bertz CT molecular complexity index is 587. The normalized spacial score (nSPS) is 11.8. The summed E-state index contributed by atoms with van der Waals surface area (Å²) in [4.78, 5) is 12.3. The second kappa shape index (κ2) is 6.24. The highest BCUT2D eigenvalue weighted by atomic mass is 16.5. The van der Waals surface area contributed by atoms with E-state index in [1.807, 2.05) is 43.3 Å². The van der Waals surface area contributed by atoms with Crippen LogP contribution >= 0.6 is 0 Å². The molecule has 0 N–H and O–H groups in total. The van der Waals surface area contributed by atoms with Gasteiger partial charge in [-0.25, -0.2) is 0 Å². The van der Waals surface area contributed by atoms with Gasteiger partial charge in [-0.15, -0.1) is 0 Å². The molecular weight excluding hydrogens is 252 g/mol. The van der Waals surface area contributed by atoms with Crippen molar-refractivity contribution in [3.8, 4) is 11.5 Å². The fourth-order valence-electron chi connectivity index (χ4n) is 1.91. The number of hydrogen-bond acceptors (Lipinski definition) is 3. The van der Waals surface area contributed by atoms with E-state index in [1.165, 1.54) is 0 Å². The zero-order valence-electron chi connectivity index (χ0n) is 11.9. The van der Waals surface area contributed by atoms with Crippen LogP contribution in [0.2, 0.25) is 0 Å². The van der Waals surface area contributed by atoms with E-state index in [-0.39, 0.29) is 5.78 Å². The summed E-state index contributed by atoms with van der Waals surface area (Å²) >= 11 is 0. The first-order valence-corrected chi connectivity index (χ1v) is 6.52. The number of Topliss-reactive ketones (excluding diaryl/α,β-unsaturated/α-hetero) is 1. The molecule has 0 aromatic heterocycles. The molecule has 0 unspecified atom stereocenters. The lowest BCUT2D eigenvalue weighted by Crippen LogP contribution is -2.24. The van der Waals surface area contributed by atoms with Crippen molar-refractivity contribution in [2.24, 2.45) is 0 Å². The number of hydrogen-bond donors (Lipinski definition) is 0. The summed E-state index contributed by atoms with van der Waals surface area (Å²) in [5.41, 5.74) is 1.78. The largest absolute Gasteiger partial charge is 0.493 e. The quantitative estimate of drug-likeness (QED) is 0.778. The molecule has 0 aliphatic carbocycles. The zero-order valence-corrected chi connectivity index (χ0v) is 11.9. The first-order chi connectivity index (χ1) is 9.61. The molecule has 0 amide bonds. The average Bonchev–Trinajstić information content (AvgIpc) is 2.48. The smallest absolute Gasteiger partial charge is 0.202 e. The van der Waals surface area contributed by atoms with Crippen molar-refractivity contribution in [3.63, 3.8) is 0 Å². The highest BCUT2D eigenvalue weighted by molar-refractivity contribution is 5.99. The highest BCUT2D eigenvalue weighted by Gasteiger charge is 2.18. The lowest BCUT2D eigenvalue weighted by atomic mass is 10.1. The van der Waals surface area contributed by atoms with E-state index in [2.05, 4.69) is 0 Å². The molecule has 2 aromatic carbocycles. The maximum absolute atomic E-state index is 12.3. The zero-order chi connectivity index (χ0) is 14.5. The molecule has 3 nitrogen and oxygen atoms in total. The second-order valence-electron chi connectivity index (χ2n) is 4.64. The molecule has 0 aliphatic heterocycles. The molecule has 104 valence electrons. The minimum atomic E-state index is -0.561. The Balaban J connectivity index is 2.13. The molecule has 0 saturated heterocycles. The average molecular weight is 270 g/mol. The monoisotopic (exact) mass is 270 g/mol. The van der Waals surface area contributed by atoms with Crippen LogP contribution in [0.4, 0.5) is 0 Å². The SMILES string of the molecule is COc1ccccc1O[C@@H](C)C(=O)c1ccc(C)cc1. The van der Waals surface area contributed by atoms with E-state index in [0.717, 1.165) is 5.56 Å². The van der Waals surface area contributed by atoms with Gasteiger partial charge in [-0.2, -0.15) is 0 Å². The maximum atomic E-state index is 12.3. The Morgan fingerprint density at radius 3 is 2.20 bits per heavy atom. The van der Waals surface area contributed by atoms with Gasteiger partial charge in [0, 0.05) is 5.56 Å². The van der Waals surface area contributed by atoms with E-state index in [0.29, 0.717) is 17.1 Å². The molecule has 0 radical (unpaired) electrons. The molecule has 0 fully saturated rings. The van der Waals surface area contributed by atoms with Gasteiger partial charge in [0.2, 0.25) is 5.78 Å². The lowest BCUT2D eigenvalue weighted by molar-refractivity contribution is 0.0814. The maximum Gasteiger partial charge on any atom is 0.202 e. The molecule has 3 heteroatoms. The third kappa shape index (κ3) is 3.18. The van der Waals surface area contributed by atoms with E-state index >= 15 is 0 Å². The van der Waals surface area contributed by atoms with E-state index in [9.17, 15) is 4.79 Å². The molecule has 0 aliphatic rings.